The van der Waals surface area contributed by atoms with Crippen LogP contribution in [0.2, 0.25) is 0 Å². The molecule has 0 saturated carbocycles. The van der Waals surface area contributed by atoms with Crippen LogP contribution in [0.25, 0.3) is 0 Å². The number of pyridine rings is 1. The Morgan fingerprint density at radius 1 is 0.773 bits per heavy atom. The predicted octanol–water partition coefficient (Wildman–Crippen LogP) is 5.55. The van der Waals surface area contributed by atoms with Gasteiger partial charge in [-0.25, -0.2) is 4.98 Å². The van der Waals surface area contributed by atoms with Crippen molar-refractivity contribution >= 4 is 22.9 Å². The molecule has 0 amide bonds. The summed E-state index contributed by atoms with van der Waals surface area (Å²) in [6.45, 7) is 2.07. The van der Waals surface area contributed by atoms with Crippen LogP contribution in [0.5, 0.6) is 0 Å². The molecule has 0 saturated heterocycles. The van der Waals surface area contributed by atoms with E-state index >= 15 is 0 Å². The number of aromatic nitrogens is 1. The molecule has 0 radical (unpaired) electrons. The predicted molar refractivity (Wildman–Crippen MR) is 89.3 cm³/mol. The molecule has 0 spiro atoms. The van der Waals surface area contributed by atoms with Gasteiger partial charge in [0.2, 0.25) is 0 Å². The number of nitrogens with one attached hydrogen (secondary N) is 1. The van der Waals surface area contributed by atoms with E-state index in [0.29, 0.717) is 5.82 Å². The van der Waals surface area contributed by atoms with Gasteiger partial charge >= 0.3 is 0 Å². The number of azo groups is 1. The highest BCUT2D eigenvalue weighted by Crippen LogP contribution is 2.22. The van der Waals surface area contributed by atoms with Gasteiger partial charge in [-0.3, -0.25) is 0 Å². The van der Waals surface area contributed by atoms with Gasteiger partial charge in [-0.05, 0) is 55.5 Å². The number of hydrogen-bond acceptors (Lipinski definition) is 4. The fourth-order valence-electron chi connectivity index (χ4n) is 1.94. The fourth-order valence-corrected chi connectivity index (χ4v) is 1.94. The zero-order chi connectivity index (χ0) is 15.2. The first-order valence-electron chi connectivity index (χ1n) is 7.06. The van der Waals surface area contributed by atoms with Crippen LogP contribution in [-0.4, -0.2) is 4.98 Å². The molecule has 3 rings (SSSR count). The van der Waals surface area contributed by atoms with Gasteiger partial charge in [0, 0.05) is 17.6 Å². The largest absolute Gasteiger partial charge is 0.356 e. The van der Waals surface area contributed by atoms with Gasteiger partial charge in [0.15, 0.2) is 5.82 Å². The van der Waals surface area contributed by atoms with E-state index in [1.807, 2.05) is 42.5 Å². The lowest BCUT2D eigenvalue weighted by Crippen LogP contribution is -1.89. The number of rotatable bonds is 4. The molecule has 0 aliphatic heterocycles. The van der Waals surface area contributed by atoms with Crippen molar-refractivity contribution in [3.63, 3.8) is 0 Å². The maximum atomic E-state index is 4.17. The zero-order valence-electron chi connectivity index (χ0n) is 12.3. The first-order chi connectivity index (χ1) is 10.8. The highest BCUT2D eigenvalue weighted by molar-refractivity contribution is 5.61. The number of anilines is 2. The Labute approximate surface area is 129 Å². The summed E-state index contributed by atoms with van der Waals surface area (Å²) in [7, 11) is 0. The highest BCUT2D eigenvalue weighted by Gasteiger charge is 1.96. The summed E-state index contributed by atoms with van der Waals surface area (Å²) in [5.41, 5.74) is 4.12. The Kier molecular flexibility index (Phi) is 4.20. The van der Waals surface area contributed by atoms with Gasteiger partial charge in [-0.15, -0.1) is 10.2 Å². The van der Waals surface area contributed by atoms with Crippen LogP contribution in [0, 0.1) is 6.92 Å². The topological polar surface area (TPSA) is 49.6 Å². The number of aryl methyl sites for hydroxylation is 1. The minimum atomic E-state index is 0.601. The number of nitrogens with zero attached hydrogens (tertiary/aromatic N) is 3. The first-order valence-corrected chi connectivity index (χ1v) is 7.06. The molecule has 3 aromatic rings. The van der Waals surface area contributed by atoms with Crippen molar-refractivity contribution in [1.29, 1.82) is 0 Å². The zero-order valence-corrected chi connectivity index (χ0v) is 12.3. The maximum absolute atomic E-state index is 4.17. The van der Waals surface area contributed by atoms with E-state index in [1.54, 1.807) is 6.20 Å². The third-order valence-electron chi connectivity index (χ3n) is 3.12. The van der Waals surface area contributed by atoms with Crippen LogP contribution in [0.1, 0.15) is 5.56 Å². The molecular formula is C18H16N4. The Morgan fingerprint density at radius 3 is 2.09 bits per heavy atom. The van der Waals surface area contributed by atoms with E-state index in [-0.39, 0.29) is 0 Å². The molecule has 1 aromatic heterocycles. The van der Waals surface area contributed by atoms with E-state index in [9.17, 15) is 0 Å². The molecular weight excluding hydrogens is 272 g/mol. The quantitative estimate of drug-likeness (QED) is 0.640. The van der Waals surface area contributed by atoms with Crippen molar-refractivity contribution in [3.8, 4) is 0 Å². The Balaban J connectivity index is 1.67. The molecule has 108 valence electrons. The highest BCUT2D eigenvalue weighted by atomic mass is 15.1. The molecule has 0 aliphatic rings. The smallest absolute Gasteiger partial charge is 0.174 e. The summed E-state index contributed by atoms with van der Waals surface area (Å²) in [6, 6.07) is 21.6. The van der Waals surface area contributed by atoms with Crippen molar-refractivity contribution in [2.24, 2.45) is 10.2 Å². The minimum Gasteiger partial charge on any atom is -0.356 e. The fraction of sp³-hybridized carbons (Fsp3) is 0.0556. The van der Waals surface area contributed by atoms with Gasteiger partial charge in [0.25, 0.3) is 0 Å². The lowest BCUT2D eigenvalue weighted by atomic mass is 10.2. The summed E-state index contributed by atoms with van der Waals surface area (Å²) in [4.78, 5) is 4.10. The summed E-state index contributed by atoms with van der Waals surface area (Å²) in [6.07, 6.45) is 1.70. The molecule has 2 aromatic carbocycles. The van der Waals surface area contributed by atoms with Crippen molar-refractivity contribution in [2.75, 3.05) is 5.32 Å². The molecule has 4 heteroatoms. The Bertz CT molecular complexity index is 747. The molecule has 0 fully saturated rings. The Hall–Kier alpha value is -3.01. The molecule has 0 bridgehead atoms. The average molecular weight is 288 g/mol. The van der Waals surface area contributed by atoms with Crippen LogP contribution in [0.4, 0.5) is 22.9 Å². The summed E-state index contributed by atoms with van der Waals surface area (Å²) in [5, 5.41) is 11.6. The lowest BCUT2D eigenvalue weighted by Gasteiger charge is -2.06. The molecule has 4 nitrogen and oxygen atoms in total. The molecule has 0 unspecified atom stereocenters. The van der Waals surface area contributed by atoms with Gasteiger partial charge in [-0.2, -0.15) is 0 Å². The minimum absolute atomic E-state index is 0.601. The molecule has 1 N–H and O–H groups in total. The van der Waals surface area contributed by atoms with E-state index in [0.717, 1.165) is 17.1 Å². The van der Waals surface area contributed by atoms with Crippen LogP contribution in [0.3, 0.4) is 0 Å². The van der Waals surface area contributed by atoms with Crippen LogP contribution >= 0.6 is 0 Å². The average Bonchev–Trinajstić information content (AvgIpc) is 2.57. The van der Waals surface area contributed by atoms with Crippen molar-refractivity contribution in [2.45, 2.75) is 6.92 Å². The number of hydrogen-bond donors (Lipinski definition) is 1. The molecule has 1 heterocycles. The van der Waals surface area contributed by atoms with Gasteiger partial charge in [-0.1, -0.05) is 23.8 Å². The molecule has 22 heavy (non-hydrogen) atoms. The van der Waals surface area contributed by atoms with Crippen molar-refractivity contribution < 1.29 is 0 Å². The maximum Gasteiger partial charge on any atom is 0.174 e. The standard InChI is InChI=1S/C18H16N4/c1-14-5-7-15(8-6-14)20-16-9-11-17(12-10-16)21-22-18-4-2-3-13-19-18/h2-13,20H,1H3. The second-order valence-corrected chi connectivity index (χ2v) is 4.93. The van der Waals surface area contributed by atoms with Crippen molar-refractivity contribution in [3.05, 3.63) is 78.5 Å². The van der Waals surface area contributed by atoms with E-state index < -0.39 is 0 Å². The monoisotopic (exact) mass is 288 g/mol. The molecule has 0 aliphatic carbocycles. The van der Waals surface area contributed by atoms with E-state index in [1.165, 1.54) is 5.56 Å². The second kappa shape index (κ2) is 6.63. The van der Waals surface area contributed by atoms with Crippen molar-refractivity contribution in [1.82, 2.24) is 4.98 Å². The lowest BCUT2D eigenvalue weighted by molar-refractivity contribution is 1.15. The third kappa shape index (κ3) is 3.76. The van der Waals surface area contributed by atoms with Crippen LogP contribution in [0.15, 0.2) is 83.2 Å². The molecule has 0 atom stereocenters. The van der Waals surface area contributed by atoms with E-state index in [2.05, 4.69) is 51.7 Å². The van der Waals surface area contributed by atoms with E-state index in [4.69, 9.17) is 0 Å². The number of benzene rings is 2. The normalized spacial score (nSPS) is 10.8. The summed E-state index contributed by atoms with van der Waals surface area (Å²) in [5.74, 6) is 0.601. The summed E-state index contributed by atoms with van der Waals surface area (Å²) < 4.78 is 0. The third-order valence-corrected chi connectivity index (χ3v) is 3.12. The van der Waals surface area contributed by atoms with Gasteiger partial charge < -0.3 is 5.32 Å². The second-order valence-electron chi connectivity index (χ2n) is 4.93. The van der Waals surface area contributed by atoms with Crippen LogP contribution < -0.4 is 5.32 Å². The summed E-state index contributed by atoms with van der Waals surface area (Å²) >= 11 is 0. The SMILES string of the molecule is Cc1ccc(Nc2ccc(N=Nc3ccccn3)cc2)cc1. The van der Waals surface area contributed by atoms with Crippen LogP contribution in [-0.2, 0) is 0 Å². The van der Waals surface area contributed by atoms with Gasteiger partial charge in [0.1, 0.15) is 0 Å². The van der Waals surface area contributed by atoms with Gasteiger partial charge in [0.05, 0.1) is 5.69 Å². The first kappa shape index (κ1) is 13.9. The Morgan fingerprint density at radius 2 is 1.45 bits per heavy atom.